The minimum absolute atomic E-state index is 0.0164. The van der Waals surface area contributed by atoms with E-state index in [1.807, 2.05) is 0 Å². The fourth-order valence-electron chi connectivity index (χ4n) is 1.61. The molecule has 0 saturated heterocycles. The lowest BCUT2D eigenvalue weighted by Gasteiger charge is -2.06. The number of hydrogen-bond acceptors (Lipinski definition) is 7. The van der Waals surface area contributed by atoms with Crippen LogP contribution in [0.15, 0.2) is 30.5 Å². The van der Waals surface area contributed by atoms with E-state index in [9.17, 15) is 30.1 Å². The summed E-state index contributed by atoms with van der Waals surface area (Å²) in [6.07, 6.45) is 1.26. The number of anilines is 1. The molecule has 11 heteroatoms. The van der Waals surface area contributed by atoms with Crippen molar-refractivity contribution < 1.29 is 19.7 Å². The summed E-state index contributed by atoms with van der Waals surface area (Å²) in [5, 5.41) is 36.5. The van der Waals surface area contributed by atoms with Crippen molar-refractivity contribution >= 4 is 23.1 Å². The molecular weight excluding hydrogens is 298 g/mol. The second-order valence-corrected chi connectivity index (χ2v) is 4.14. The van der Waals surface area contributed by atoms with Crippen LogP contribution in [0, 0.1) is 20.2 Å². The standard InChI is InChI=1S/C11H9N5O6/c17-9-5-7(15(19)20)1-2-8(9)12-11(18)6-14-4-3-10(13-14)16(21)22/h1-5,17H,6H2,(H,12,18). The second-order valence-electron chi connectivity index (χ2n) is 4.14. The molecule has 0 atom stereocenters. The average molecular weight is 307 g/mol. The van der Waals surface area contributed by atoms with Gasteiger partial charge in [-0.15, -0.1) is 0 Å². The normalized spacial score (nSPS) is 10.2. The van der Waals surface area contributed by atoms with Gasteiger partial charge in [0.05, 0.1) is 34.0 Å². The van der Waals surface area contributed by atoms with Crippen LogP contribution in [0.1, 0.15) is 0 Å². The number of nitrogens with one attached hydrogen (secondary N) is 1. The van der Waals surface area contributed by atoms with Crippen molar-refractivity contribution in [3.05, 3.63) is 50.7 Å². The van der Waals surface area contributed by atoms with Gasteiger partial charge in [-0.05, 0) is 11.0 Å². The quantitative estimate of drug-likeness (QED) is 0.475. The number of non-ortho nitro benzene ring substituents is 1. The third-order valence-corrected chi connectivity index (χ3v) is 2.59. The van der Waals surface area contributed by atoms with E-state index in [4.69, 9.17) is 0 Å². The van der Waals surface area contributed by atoms with E-state index in [-0.39, 0.29) is 17.9 Å². The van der Waals surface area contributed by atoms with Crippen LogP contribution >= 0.6 is 0 Å². The fourth-order valence-corrected chi connectivity index (χ4v) is 1.61. The van der Waals surface area contributed by atoms with Gasteiger partial charge in [-0.2, -0.15) is 4.68 Å². The Morgan fingerprint density at radius 2 is 2.00 bits per heavy atom. The molecule has 2 aromatic rings. The summed E-state index contributed by atoms with van der Waals surface area (Å²) in [5.41, 5.74) is -0.338. The van der Waals surface area contributed by atoms with E-state index in [1.54, 1.807) is 0 Å². The van der Waals surface area contributed by atoms with Crippen LogP contribution in [0.25, 0.3) is 0 Å². The van der Waals surface area contributed by atoms with E-state index >= 15 is 0 Å². The van der Waals surface area contributed by atoms with E-state index in [2.05, 4.69) is 10.4 Å². The third kappa shape index (κ3) is 3.33. The lowest BCUT2D eigenvalue weighted by atomic mass is 10.2. The molecule has 1 heterocycles. The molecule has 0 unspecified atom stereocenters. The first kappa shape index (κ1) is 14.9. The van der Waals surface area contributed by atoms with Crippen LogP contribution < -0.4 is 5.32 Å². The van der Waals surface area contributed by atoms with Crippen LogP contribution in [0.5, 0.6) is 5.75 Å². The summed E-state index contributed by atoms with van der Waals surface area (Å²) in [6.45, 7) is -0.315. The van der Waals surface area contributed by atoms with Gasteiger partial charge in [-0.3, -0.25) is 14.9 Å². The summed E-state index contributed by atoms with van der Waals surface area (Å²) in [4.78, 5) is 31.4. The van der Waals surface area contributed by atoms with Crippen LogP contribution in [0.2, 0.25) is 0 Å². The van der Waals surface area contributed by atoms with Crippen LogP contribution in [0.3, 0.4) is 0 Å². The summed E-state index contributed by atoms with van der Waals surface area (Å²) in [5.74, 6) is -1.47. The van der Waals surface area contributed by atoms with E-state index in [0.29, 0.717) is 0 Å². The topological polar surface area (TPSA) is 153 Å². The van der Waals surface area contributed by atoms with Gasteiger partial charge in [0.2, 0.25) is 5.91 Å². The van der Waals surface area contributed by atoms with E-state index in [0.717, 1.165) is 22.9 Å². The largest absolute Gasteiger partial charge is 0.506 e. The molecule has 0 bridgehead atoms. The maximum absolute atomic E-state index is 11.7. The van der Waals surface area contributed by atoms with E-state index < -0.39 is 27.3 Å². The third-order valence-electron chi connectivity index (χ3n) is 2.59. The van der Waals surface area contributed by atoms with Crippen LogP contribution in [-0.4, -0.2) is 30.6 Å². The molecule has 11 nitrogen and oxygen atoms in total. The average Bonchev–Trinajstić information content (AvgIpc) is 2.89. The van der Waals surface area contributed by atoms with Gasteiger partial charge in [0, 0.05) is 6.07 Å². The molecular formula is C11H9N5O6. The number of benzene rings is 1. The van der Waals surface area contributed by atoms with Crippen molar-refractivity contribution in [3.8, 4) is 5.75 Å². The highest BCUT2D eigenvalue weighted by atomic mass is 16.6. The summed E-state index contributed by atoms with van der Waals surface area (Å²) < 4.78 is 1.05. The molecule has 1 amide bonds. The predicted molar refractivity (Wildman–Crippen MR) is 72.3 cm³/mol. The number of carbonyl (C=O) groups is 1. The maximum atomic E-state index is 11.7. The molecule has 22 heavy (non-hydrogen) atoms. The Kier molecular flexibility index (Phi) is 3.97. The minimum atomic E-state index is -0.698. The van der Waals surface area contributed by atoms with Gasteiger partial charge < -0.3 is 20.5 Å². The lowest BCUT2D eigenvalue weighted by Crippen LogP contribution is -2.19. The molecule has 0 saturated carbocycles. The number of aromatic hydroxyl groups is 1. The van der Waals surface area contributed by atoms with Crippen molar-refractivity contribution in [3.63, 3.8) is 0 Å². The monoisotopic (exact) mass is 307 g/mol. The first-order valence-electron chi connectivity index (χ1n) is 5.82. The SMILES string of the molecule is O=C(Cn1ccc([N+](=O)[O-])n1)Nc1ccc([N+](=O)[O-])cc1O. The van der Waals surface area contributed by atoms with Crippen LogP contribution in [-0.2, 0) is 11.3 Å². The molecule has 2 N–H and O–H groups in total. The van der Waals surface area contributed by atoms with Gasteiger partial charge in [0.25, 0.3) is 5.69 Å². The fraction of sp³-hybridized carbons (Fsp3) is 0.0909. The highest BCUT2D eigenvalue weighted by Crippen LogP contribution is 2.27. The van der Waals surface area contributed by atoms with Crippen molar-refractivity contribution in [2.24, 2.45) is 0 Å². The van der Waals surface area contributed by atoms with Crippen molar-refractivity contribution in [2.75, 3.05) is 5.32 Å². The maximum Gasteiger partial charge on any atom is 0.389 e. The van der Waals surface area contributed by atoms with Crippen molar-refractivity contribution in [2.45, 2.75) is 6.54 Å². The first-order valence-corrected chi connectivity index (χ1v) is 5.82. The lowest BCUT2D eigenvalue weighted by molar-refractivity contribution is -0.389. The Hall–Kier alpha value is -3.50. The molecule has 114 valence electrons. The number of nitro groups is 2. The Morgan fingerprint density at radius 3 is 2.55 bits per heavy atom. The number of nitrogens with zero attached hydrogens (tertiary/aromatic N) is 4. The van der Waals surface area contributed by atoms with Gasteiger partial charge in [0.1, 0.15) is 12.3 Å². The highest BCUT2D eigenvalue weighted by molar-refractivity contribution is 5.92. The summed E-state index contributed by atoms with van der Waals surface area (Å²) in [6, 6.07) is 4.33. The number of phenols is 1. The number of hydrogen-bond donors (Lipinski definition) is 2. The Labute approximate surface area is 122 Å². The minimum Gasteiger partial charge on any atom is -0.506 e. The Morgan fingerprint density at radius 1 is 1.27 bits per heavy atom. The summed E-state index contributed by atoms with van der Waals surface area (Å²) >= 11 is 0. The van der Waals surface area contributed by atoms with Crippen molar-refractivity contribution in [1.29, 1.82) is 0 Å². The van der Waals surface area contributed by atoms with Crippen molar-refractivity contribution in [1.82, 2.24) is 9.78 Å². The number of amides is 1. The smallest absolute Gasteiger partial charge is 0.389 e. The molecule has 0 fully saturated rings. The first-order chi connectivity index (χ1) is 10.4. The molecule has 0 spiro atoms. The molecule has 2 rings (SSSR count). The molecule has 0 aliphatic carbocycles. The zero-order chi connectivity index (χ0) is 16.3. The number of nitro benzene ring substituents is 1. The zero-order valence-electron chi connectivity index (χ0n) is 10.9. The number of aromatic nitrogens is 2. The molecule has 0 aliphatic heterocycles. The summed E-state index contributed by atoms with van der Waals surface area (Å²) in [7, 11) is 0. The number of rotatable bonds is 5. The van der Waals surface area contributed by atoms with E-state index in [1.165, 1.54) is 12.3 Å². The van der Waals surface area contributed by atoms with Gasteiger partial charge in [-0.1, -0.05) is 0 Å². The van der Waals surface area contributed by atoms with Gasteiger partial charge in [0.15, 0.2) is 0 Å². The Bertz CT molecular complexity index is 755. The zero-order valence-corrected chi connectivity index (χ0v) is 10.9. The van der Waals surface area contributed by atoms with Gasteiger partial charge in [-0.25, -0.2) is 0 Å². The molecule has 0 radical (unpaired) electrons. The number of phenolic OH excluding ortho intramolecular Hbond substituents is 1. The van der Waals surface area contributed by atoms with Crippen LogP contribution in [0.4, 0.5) is 17.2 Å². The predicted octanol–water partition coefficient (Wildman–Crippen LogP) is 1.04. The molecule has 1 aromatic carbocycles. The second kappa shape index (κ2) is 5.87. The Balaban J connectivity index is 2.05. The highest BCUT2D eigenvalue weighted by Gasteiger charge is 2.15. The molecule has 1 aromatic heterocycles. The van der Waals surface area contributed by atoms with Gasteiger partial charge >= 0.3 is 5.82 Å². The molecule has 0 aliphatic rings. The number of carbonyl (C=O) groups excluding carboxylic acids is 1.